The van der Waals surface area contributed by atoms with E-state index in [1.807, 2.05) is 23.1 Å². The van der Waals surface area contributed by atoms with Crippen LogP contribution in [0, 0.1) is 0 Å². The molecule has 0 saturated carbocycles. The highest BCUT2D eigenvalue weighted by Gasteiger charge is 2.38. The van der Waals surface area contributed by atoms with Crippen LogP contribution in [0.5, 0.6) is 5.88 Å². The molecule has 0 bridgehead atoms. The van der Waals surface area contributed by atoms with Gasteiger partial charge in [0, 0.05) is 19.3 Å². The summed E-state index contributed by atoms with van der Waals surface area (Å²) >= 11 is 0. The topological polar surface area (TPSA) is 54.9 Å². The van der Waals surface area contributed by atoms with Gasteiger partial charge in [-0.05, 0) is 43.6 Å². The molecule has 6 heteroatoms. The zero-order valence-corrected chi connectivity index (χ0v) is 16.3. The molecule has 2 atom stereocenters. The van der Waals surface area contributed by atoms with Crippen LogP contribution in [0.4, 0.5) is 0 Å². The molecule has 0 radical (unpaired) electrons. The minimum Gasteiger partial charge on any atom is -0.480 e. The van der Waals surface area contributed by atoms with E-state index < -0.39 is 0 Å². The van der Waals surface area contributed by atoms with Gasteiger partial charge in [-0.2, -0.15) is 0 Å². The van der Waals surface area contributed by atoms with Crippen molar-refractivity contribution in [1.82, 2.24) is 14.8 Å². The highest BCUT2D eigenvalue weighted by atomic mass is 16.5. The van der Waals surface area contributed by atoms with Crippen molar-refractivity contribution < 1.29 is 14.3 Å². The van der Waals surface area contributed by atoms with Gasteiger partial charge in [0.1, 0.15) is 5.56 Å². The smallest absolute Gasteiger partial charge is 0.260 e. The number of aromatic nitrogens is 1. The largest absolute Gasteiger partial charge is 0.480 e. The first-order valence-electron chi connectivity index (χ1n) is 9.97. The Balaban J connectivity index is 1.66. The summed E-state index contributed by atoms with van der Waals surface area (Å²) in [6.45, 7) is 4.13. The second-order valence-corrected chi connectivity index (χ2v) is 7.33. The van der Waals surface area contributed by atoms with Crippen molar-refractivity contribution in [3.05, 3.63) is 59.8 Å². The van der Waals surface area contributed by atoms with Gasteiger partial charge in [-0.15, -0.1) is 0 Å². The SMILES string of the molecule is COc1ncccc1C(=O)N1CCO[C@@H](CN2CCCC2)[C@@H]1c1ccccc1. The summed E-state index contributed by atoms with van der Waals surface area (Å²) in [7, 11) is 1.54. The van der Waals surface area contributed by atoms with E-state index in [1.165, 1.54) is 12.8 Å². The molecule has 1 aromatic heterocycles. The Hall–Kier alpha value is -2.44. The molecule has 1 amide bonds. The Labute approximate surface area is 166 Å². The fourth-order valence-electron chi connectivity index (χ4n) is 4.25. The molecule has 4 rings (SSSR count). The zero-order chi connectivity index (χ0) is 19.3. The number of morpholine rings is 1. The normalized spacial score (nSPS) is 23.0. The van der Waals surface area contributed by atoms with Crippen molar-refractivity contribution >= 4 is 5.91 Å². The third-order valence-electron chi connectivity index (χ3n) is 5.59. The van der Waals surface area contributed by atoms with Gasteiger partial charge in [-0.25, -0.2) is 4.98 Å². The number of benzene rings is 1. The van der Waals surface area contributed by atoms with Crippen LogP contribution in [-0.2, 0) is 4.74 Å². The van der Waals surface area contributed by atoms with E-state index in [1.54, 1.807) is 25.4 Å². The van der Waals surface area contributed by atoms with Crippen molar-refractivity contribution in [2.24, 2.45) is 0 Å². The van der Waals surface area contributed by atoms with Gasteiger partial charge in [0.25, 0.3) is 5.91 Å². The molecular weight excluding hydrogens is 354 g/mol. The van der Waals surface area contributed by atoms with Crippen molar-refractivity contribution in [2.75, 3.05) is 39.9 Å². The number of nitrogens with zero attached hydrogens (tertiary/aromatic N) is 3. The number of hydrogen-bond acceptors (Lipinski definition) is 5. The Morgan fingerprint density at radius 2 is 1.93 bits per heavy atom. The Morgan fingerprint density at radius 1 is 1.14 bits per heavy atom. The lowest BCUT2D eigenvalue weighted by atomic mass is 9.96. The quantitative estimate of drug-likeness (QED) is 0.797. The molecule has 3 heterocycles. The van der Waals surface area contributed by atoms with E-state index in [2.05, 4.69) is 22.0 Å². The lowest BCUT2D eigenvalue weighted by Crippen LogP contribution is -2.51. The fraction of sp³-hybridized carbons (Fsp3) is 0.455. The number of hydrogen-bond donors (Lipinski definition) is 0. The summed E-state index contributed by atoms with van der Waals surface area (Å²) in [5, 5.41) is 0. The zero-order valence-electron chi connectivity index (χ0n) is 16.3. The van der Waals surface area contributed by atoms with Crippen LogP contribution in [0.2, 0.25) is 0 Å². The number of ether oxygens (including phenoxy) is 2. The summed E-state index contributed by atoms with van der Waals surface area (Å²) < 4.78 is 11.5. The maximum Gasteiger partial charge on any atom is 0.260 e. The standard InChI is InChI=1S/C22H27N3O3/c1-27-21-18(10-7-11-23-21)22(26)25-14-15-28-19(16-24-12-5-6-13-24)20(25)17-8-3-2-4-9-17/h2-4,7-11,19-20H,5-6,12-16H2,1H3/t19-,20-/m0/s1. The summed E-state index contributed by atoms with van der Waals surface area (Å²) in [6, 6.07) is 13.6. The van der Waals surface area contributed by atoms with Crippen molar-refractivity contribution in [2.45, 2.75) is 25.0 Å². The molecule has 0 spiro atoms. The van der Waals surface area contributed by atoms with E-state index >= 15 is 0 Å². The molecule has 28 heavy (non-hydrogen) atoms. The predicted molar refractivity (Wildman–Crippen MR) is 106 cm³/mol. The molecule has 1 aromatic carbocycles. The number of rotatable bonds is 5. The minimum absolute atomic E-state index is 0.0548. The molecule has 2 aromatic rings. The van der Waals surface area contributed by atoms with Gasteiger partial charge in [-0.1, -0.05) is 30.3 Å². The second-order valence-electron chi connectivity index (χ2n) is 7.33. The fourth-order valence-corrected chi connectivity index (χ4v) is 4.25. The molecule has 0 aliphatic carbocycles. The molecule has 148 valence electrons. The van der Waals surface area contributed by atoms with Crippen LogP contribution >= 0.6 is 0 Å². The van der Waals surface area contributed by atoms with E-state index in [0.29, 0.717) is 24.6 Å². The van der Waals surface area contributed by atoms with Gasteiger partial charge in [0.15, 0.2) is 0 Å². The average molecular weight is 381 g/mol. The van der Waals surface area contributed by atoms with Gasteiger partial charge in [-0.3, -0.25) is 4.79 Å². The number of methoxy groups -OCH3 is 1. The van der Waals surface area contributed by atoms with Gasteiger partial charge in [0.2, 0.25) is 5.88 Å². The highest BCUT2D eigenvalue weighted by molar-refractivity contribution is 5.96. The van der Waals surface area contributed by atoms with Gasteiger partial charge < -0.3 is 19.3 Å². The summed E-state index contributed by atoms with van der Waals surface area (Å²) in [5.74, 6) is 0.301. The summed E-state index contributed by atoms with van der Waals surface area (Å²) in [6.07, 6.45) is 4.05. The summed E-state index contributed by atoms with van der Waals surface area (Å²) in [4.78, 5) is 22.1. The Kier molecular flexibility index (Phi) is 5.88. The van der Waals surface area contributed by atoms with Crippen LogP contribution in [-0.4, -0.2) is 66.7 Å². The van der Waals surface area contributed by atoms with Crippen LogP contribution < -0.4 is 4.74 Å². The molecule has 6 nitrogen and oxygen atoms in total. The van der Waals surface area contributed by atoms with Gasteiger partial charge >= 0.3 is 0 Å². The van der Waals surface area contributed by atoms with Crippen molar-refractivity contribution in [3.63, 3.8) is 0 Å². The Morgan fingerprint density at radius 3 is 2.68 bits per heavy atom. The van der Waals surface area contributed by atoms with Crippen LogP contribution in [0.1, 0.15) is 34.8 Å². The van der Waals surface area contributed by atoms with Gasteiger partial charge in [0.05, 0.1) is 25.9 Å². The molecule has 0 unspecified atom stereocenters. The van der Waals surface area contributed by atoms with Crippen LogP contribution in [0.15, 0.2) is 48.7 Å². The molecule has 2 aliphatic rings. The third kappa shape index (κ3) is 3.88. The van der Waals surface area contributed by atoms with E-state index in [4.69, 9.17) is 9.47 Å². The van der Waals surface area contributed by atoms with E-state index in [9.17, 15) is 4.79 Å². The van der Waals surface area contributed by atoms with Crippen LogP contribution in [0.3, 0.4) is 0 Å². The molecule has 2 fully saturated rings. The first-order chi connectivity index (χ1) is 13.8. The number of likely N-dealkylation sites (tertiary alicyclic amines) is 1. The lowest BCUT2D eigenvalue weighted by molar-refractivity contribution is -0.0708. The first kappa shape index (κ1) is 18.9. The minimum atomic E-state index is -0.132. The van der Waals surface area contributed by atoms with Crippen LogP contribution in [0.25, 0.3) is 0 Å². The summed E-state index contributed by atoms with van der Waals surface area (Å²) in [5.41, 5.74) is 1.59. The molecule has 2 aliphatic heterocycles. The number of amides is 1. The number of carbonyl (C=O) groups excluding carboxylic acids is 1. The lowest BCUT2D eigenvalue weighted by Gasteiger charge is -2.42. The maximum absolute atomic E-state index is 13.5. The molecule has 2 saturated heterocycles. The van der Waals surface area contributed by atoms with Crippen molar-refractivity contribution in [3.8, 4) is 5.88 Å². The number of pyridine rings is 1. The molecule has 0 N–H and O–H groups in total. The first-order valence-corrected chi connectivity index (χ1v) is 9.97. The maximum atomic E-state index is 13.5. The van der Waals surface area contributed by atoms with E-state index in [-0.39, 0.29) is 18.1 Å². The average Bonchev–Trinajstić information content (AvgIpc) is 3.27. The molecular formula is C22H27N3O3. The highest BCUT2D eigenvalue weighted by Crippen LogP contribution is 2.33. The van der Waals surface area contributed by atoms with Crippen molar-refractivity contribution in [1.29, 1.82) is 0 Å². The number of carbonyl (C=O) groups is 1. The monoisotopic (exact) mass is 381 g/mol. The second kappa shape index (κ2) is 8.71. The predicted octanol–water partition coefficient (Wildman–Crippen LogP) is 2.77. The third-order valence-corrected chi connectivity index (χ3v) is 5.59. The van der Waals surface area contributed by atoms with E-state index in [0.717, 1.165) is 25.2 Å². The Bertz CT molecular complexity index is 793.